The fourth-order valence-corrected chi connectivity index (χ4v) is 3.74. The van der Waals surface area contributed by atoms with Crippen LogP contribution in [-0.4, -0.2) is 56.6 Å². The van der Waals surface area contributed by atoms with Crippen molar-refractivity contribution >= 4 is 28.7 Å². The molecule has 0 unspecified atom stereocenters. The molecule has 9 nitrogen and oxygen atoms in total. The van der Waals surface area contributed by atoms with Crippen LogP contribution in [0.5, 0.6) is 0 Å². The van der Waals surface area contributed by atoms with Gasteiger partial charge in [-0.15, -0.1) is 0 Å². The van der Waals surface area contributed by atoms with Gasteiger partial charge < -0.3 is 19.9 Å². The van der Waals surface area contributed by atoms with E-state index in [9.17, 15) is 9.59 Å². The van der Waals surface area contributed by atoms with Gasteiger partial charge in [0.05, 0.1) is 19.4 Å². The Hall–Kier alpha value is -3.20. The summed E-state index contributed by atoms with van der Waals surface area (Å²) >= 11 is 0. The van der Waals surface area contributed by atoms with Crippen LogP contribution in [0.4, 0.5) is 11.6 Å². The number of morpholine rings is 1. The van der Waals surface area contributed by atoms with E-state index in [1.807, 2.05) is 12.1 Å². The molecule has 0 saturated carbocycles. The second-order valence-electron chi connectivity index (χ2n) is 7.31. The first-order chi connectivity index (χ1) is 14.6. The molecule has 2 N–H and O–H groups in total. The zero-order valence-corrected chi connectivity index (χ0v) is 17.2. The Kier molecular flexibility index (Phi) is 5.80. The highest BCUT2D eigenvalue weighted by molar-refractivity contribution is 5.94. The molecule has 4 rings (SSSR count). The minimum atomic E-state index is -0.170. The topological polar surface area (TPSA) is 105 Å². The number of carbonyl (C=O) groups is 1. The Balaban J connectivity index is 1.54. The first-order valence-electron chi connectivity index (χ1n) is 10.3. The second kappa shape index (κ2) is 8.66. The largest absolute Gasteiger partial charge is 0.378 e. The lowest BCUT2D eigenvalue weighted by molar-refractivity contribution is 0.0303. The van der Waals surface area contributed by atoms with E-state index in [1.54, 1.807) is 27.8 Å². The Bertz CT molecular complexity index is 1080. The van der Waals surface area contributed by atoms with Crippen LogP contribution in [-0.2, 0) is 4.74 Å². The van der Waals surface area contributed by atoms with Gasteiger partial charge in [0.2, 0.25) is 5.95 Å². The Morgan fingerprint density at radius 3 is 2.57 bits per heavy atom. The first kappa shape index (κ1) is 20.1. The highest BCUT2D eigenvalue weighted by Gasteiger charge is 2.19. The van der Waals surface area contributed by atoms with E-state index >= 15 is 0 Å². The van der Waals surface area contributed by atoms with Crippen LogP contribution >= 0.6 is 0 Å². The summed E-state index contributed by atoms with van der Waals surface area (Å²) in [7, 11) is 0. The number of aromatic amines is 1. The van der Waals surface area contributed by atoms with Gasteiger partial charge in [0, 0.05) is 30.4 Å². The van der Waals surface area contributed by atoms with E-state index in [0.717, 1.165) is 18.5 Å². The number of hydrogen-bond acceptors (Lipinski definition) is 6. The van der Waals surface area contributed by atoms with E-state index in [1.165, 1.54) is 0 Å². The number of rotatable bonds is 6. The normalized spacial score (nSPS) is 14.4. The average molecular weight is 410 g/mol. The van der Waals surface area contributed by atoms with E-state index in [-0.39, 0.29) is 17.6 Å². The maximum Gasteiger partial charge on any atom is 0.327 e. The van der Waals surface area contributed by atoms with Crippen molar-refractivity contribution in [3.63, 3.8) is 0 Å². The number of aromatic nitrogens is 4. The van der Waals surface area contributed by atoms with Crippen molar-refractivity contribution in [1.82, 2.24) is 24.4 Å². The number of amides is 1. The van der Waals surface area contributed by atoms with Gasteiger partial charge in [0.25, 0.3) is 5.91 Å². The third-order valence-corrected chi connectivity index (χ3v) is 5.45. The fourth-order valence-electron chi connectivity index (χ4n) is 3.74. The van der Waals surface area contributed by atoms with Crippen molar-refractivity contribution in [3.8, 4) is 0 Å². The molecule has 1 aromatic carbocycles. The van der Waals surface area contributed by atoms with Crippen molar-refractivity contribution in [2.45, 2.75) is 32.7 Å². The molecule has 0 aliphatic carbocycles. The summed E-state index contributed by atoms with van der Waals surface area (Å²) in [6.45, 7) is 6.49. The van der Waals surface area contributed by atoms with E-state index in [4.69, 9.17) is 4.74 Å². The van der Waals surface area contributed by atoms with Crippen molar-refractivity contribution in [2.24, 2.45) is 0 Å². The van der Waals surface area contributed by atoms with Gasteiger partial charge in [-0.05, 0) is 37.1 Å². The molecular weight excluding hydrogens is 384 g/mol. The fraction of sp³-hybridized carbons (Fsp3) is 0.429. The second-order valence-corrected chi connectivity index (χ2v) is 7.31. The summed E-state index contributed by atoms with van der Waals surface area (Å²) in [5.41, 5.74) is 2.43. The van der Waals surface area contributed by atoms with Crippen molar-refractivity contribution in [2.75, 3.05) is 31.6 Å². The number of anilines is 2. The predicted molar refractivity (Wildman–Crippen MR) is 114 cm³/mol. The van der Waals surface area contributed by atoms with Gasteiger partial charge in [-0.25, -0.2) is 9.78 Å². The molecule has 0 spiro atoms. The Morgan fingerprint density at radius 2 is 1.90 bits per heavy atom. The number of imidazole rings is 1. The summed E-state index contributed by atoms with van der Waals surface area (Å²) in [6.07, 6.45) is 3.30. The van der Waals surface area contributed by atoms with Gasteiger partial charge in [-0.2, -0.15) is 4.98 Å². The van der Waals surface area contributed by atoms with Crippen LogP contribution in [0.3, 0.4) is 0 Å². The van der Waals surface area contributed by atoms with Crippen LogP contribution in [0.25, 0.3) is 11.2 Å². The number of hydrogen-bond donors (Lipinski definition) is 2. The van der Waals surface area contributed by atoms with E-state index in [0.29, 0.717) is 49.0 Å². The molecule has 30 heavy (non-hydrogen) atoms. The number of H-pyrrole nitrogens is 1. The smallest absolute Gasteiger partial charge is 0.327 e. The molecule has 1 aliphatic heterocycles. The van der Waals surface area contributed by atoms with Gasteiger partial charge in [-0.1, -0.05) is 13.8 Å². The summed E-state index contributed by atoms with van der Waals surface area (Å²) in [6, 6.07) is 7.31. The minimum absolute atomic E-state index is 0.00373. The standard InChI is InChI=1S/C21H26N6O3/c1-3-16(4-2)27-18-17(24-21(27)29)13-22-20(25-18)23-15-7-5-14(6-8-15)19(28)26-9-11-30-12-10-26/h5-8,13,16H,3-4,9-12H2,1-2H3,(H,24,29)(H,22,23,25). The monoisotopic (exact) mass is 410 g/mol. The molecule has 0 bridgehead atoms. The third kappa shape index (κ3) is 3.93. The lowest BCUT2D eigenvalue weighted by Crippen LogP contribution is -2.40. The summed E-state index contributed by atoms with van der Waals surface area (Å²) < 4.78 is 7.00. The number of carbonyl (C=O) groups excluding carboxylic acids is 1. The zero-order valence-electron chi connectivity index (χ0n) is 17.2. The zero-order chi connectivity index (χ0) is 21.1. The summed E-state index contributed by atoms with van der Waals surface area (Å²) in [4.78, 5) is 38.4. The first-order valence-corrected chi connectivity index (χ1v) is 10.3. The van der Waals surface area contributed by atoms with Crippen LogP contribution in [0, 0.1) is 0 Å². The molecule has 158 valence electrons. The highest BCUT2D eigenvalue weighted by atomic mass is 16.5. The lowest BCUT2D eigenvalue weighted by Gasteiger charge is -2.26. The van der Waals surface area contributed by atoms with Gasteiger partial charge in [0.1, 0.15) is 5.52 Å². The number of benzene rings is 1. The molecular formula is C21H26N6O3. The van der Waals surface area contributed by atoms with Crippen LogP contribution in [0.2, 0.25) is 0 Å². The summed E-state index contributed by atoms with van der Waals surface area (Å²) in [5.74, 6) is 0.400. The third-order valence-electron chi connectivity index (χ3n) is 5.45. The molecule has 0 atom stereocenters. The average Bonchev–Trinajstić information content (AvgIpc) is 3.11. The number of nitrogens with zero attached hydrogens (tertiary/aromatic N) is 4. The van der Waals surface area contributed by atoms with Crippen molar-refractivity contribution in [1.29, 1.82) is 0 Å². The molecule has 1 amide bonds. The van der Waals surface area contributed by atoms with Gasteiger partial charge >= 0.3 is 5.69 Å². The van der Waals surface area contributed by atoms with E-state index in [2.05, 4.69) is 34.1 Å². The Labute approximate surface area is 174 Å². The molecule has 0 radical (unpaired) electrons. The quantitative estimate of drug-likeness (QED) is 0.647. The Morgan fingerprint density at radius 1 is 1.20 bits per heavy atom. The predicted octanol–water partition coefficient (Wildman–Crippen LogP) is 2.70. The van der Waals surface area contributed by atoms with Gasteiger partial charge in [-0.3, -0.25) is 9.36 Å². The van der Waals surface area contributed by atoms with Crippen molar-refractivity contribution < 1.29 is 9.53 Å². The molecule has 2 aromatic heterocycles. The van der Waals surface area contributed by atoms with E-state index < -0.39 is 0 Å². The van der Waals surface area contributed by atoms with Crippen LogP contribution in [0.15, 0.2) is 35.3 Å². The molecule has 3 aromatic rings. The highest BCUT2D eigenvalue weighted by Crippen LogP contribution is 2.21. The van der Waals surface area contributed by atoms with Crippen LogP contribution in [0.1, 0.15) is 43.1 Å². The molecule has 3 heterocycles. The minimum Gasteiger partial charge on any atom is -0.378 e. The van der Waals surface area contributed by atoms with Crippen molar-refractivity contribution in [3.05, 3.63) is 46.5 Å². The number of ether oxygens (including phenoxy) is 1. The number of fused-ring (bicyclic) bond motifs is 1. The maximum atomic E-state index is 12.6. The lowest BCUT2D eigenvalue weighted by atomic mass is 10.1. The summed E-state index contributed by atoms with van der Waals surface area (Å²) in [5, 5.41) is 3.16. The number of nitrogens with one attached hydrogen (secondary N) is 2. The van der Waals surface area contributed by atoms with Gasteiger partial charge in [0.15, 0.2) is 5.65 Å². The SMILES string of the molecule is CCC(CC)n1c(=O)[nH]c2cnc(Nc3ccc(C(=O)N4CCOCC4)cc3)nc21. The molecule has 1 fully saturated rings. The maximum absolute atomic E-state index is 12.6. The van der Waals surface area contributed by atoms with Crippen LogP contribution < -0.4 is 11.0 Å². The molecule has 1 aliphatic rings. The molecule has 9 heteroatoms. The molecule has 1 saturated heterocycles.